The summed E-state index contributed by atoms with van der Waals surface area (Å²) in [6.45, 7) is 5.29. The molecule has 0 aliphatic rings. The van der Waals surface area contributed by atoms with Crippen LogP contribution in [0.15, 0.2) is 66.9 Å². The minimum atomic E-state index is 0.138. The normalized spacial score (nSPS) is 11.4. The van der Waals surface area contributed by atoms with E-state index in [1.165, 1.54) is 12.8 Å². The van der Waals surface area contributed by atoms with E-state index in [0.717, 1.165) is 57.8 Å². The minimum Gasteiger partial charge on any atom is -0.347 e. The average molecular weight is 370 g/mol. The Bertz CT molecular complexity index is 1140. The van der Waals surface area contributed by atoms with Gasteiger partial charge in [0.2, 0.25) is 0 Å². The van der Waals surface area contributed by atoms with Crippen LogP contribution in [-0.2, 0) is 13.0 Å². The van der Waals surface area contributed by atoms with Crippen LogP contribution in [0.2, 0.25) is 0 Å². The van der Waals surface area contributed by atoms with Gasteiger partial charge in [0, 0.05) is 34.8 Å². The molecule has 4 aromatic rings. The van der Waals surface area contributed by atoms with Crippen LogP contribution in [0.5, 0.6) is 0 Å². The summed E-state index contributed by atoms with van der Waals surface area (Å²) >= 11 is 0. The van der Waals surface area contributed by atoms with Crippen LogP contribution in [0.1, 0.15) is 54.6 Å². The molecule has 0 spiro atoms. The Morgan fingerprint density at radius 1 is 0.857 bits per heavy atom. The molecular weight excluding hydrogens is 342 g/mol. The van der Waals surface area contributed by atoms with Gasteiger partial charge < -0.3 is 4.57 Å². The molecule has 2 nitrogen and oxygen atoms in total. The Kier molecular flexibility index (Phi) is 5.29. The van der Waals surface area contributed by atoms with Crippen LogP contribution in [-0.4, -0.2) is 10.4 Å². The second-order valence-electron chi connectivity index (χ2n) is 7.46. The SMILES string of the molecule is CCCCCn1cc(C(=O)c2c(CC)ccc3ccccc23)c2ccccc21. The Morgan fingerprint density at radius 3 is 2.39 bits per heavy atom. The highest BCUT2D eigenvalue weighted by Crippen LogP contribution is 2.30. The van der Waals surface area contributed by atoms with Gasteiger partial charge in [0.1, 0.15) is 0 Å². The molecule has 0 aliphatic heterocycles. The first kappa shape index (κ1) is 18.5. The third-order valence-corrected chi connectivity index (χ3v) is 5.66. The number of para-hydroxylation sites is 1. The monoisotopic (exact) mass is 369 g/mol. The molecule has 0 atom stereocenters. The zero-order valence-electron chi connectivity index (χ0n) is 16.7. The van der Waals surface area contributed by atoms with E-state index in [0.29, 0.717) is 0 Å². The summed E-state index contributed by atoms with van der Waals surface area (Å²) in [6.07, 6.45) is 6.46. The minimum absolute atomic E-state index is 0.138. The fourth-order valence-corrected chi connectivity index (χ4v) is 4.16. The van der Waals surface area contributed by atoms with E-state index in [1.807, 2.05) is 18.2 Å². The number of rotatable bonds is 7. The number of unbranched alkanes of at least 4 members (excludes halogenated alkanes) is 2. The predicted octanol–water partition coefficient (Wildman–Crippen LogP) is 6.78. The maximum absolute atomic E-state index is 13.8. The summed E-state index contributed by atoms with van der Waals surface area (Å²) in [5.41, 5.74) is 3.95. The van der Waals surface area contributed by atoms with Crippen molar-refractivity contribution in [2.45, 2.75) is 46.1 Å². The number of ketones is 1. The number of aromatic nitrogens is 1. The van der Waals surface area contributed by atoms with E-state index in [9.17, 15) is 4.79 Å². The molecule has 0 saturated carbocycles. The van der Waals surface area contributed by atoms with Gasteiger partial charge in [-0.2, -0.15) is 0 Å². The van der Waals surface area contributed by atoms with Gasteiger partial charge in [-0.15, -0.1) is 0 Å². The van der Waals surface area contributed by atoms with Crippen LogP contribution in [0, 0.1) is 0 Å². The maximum atomic E-state index is 13.8. The van der Waals surface area contributed by atoms with Gasteiger partial charge in [0.15, 0.2) is 5.78 Å². The molecule has 0 amide bonds. The molecule has 0 fully saturated rings. The van der Waals surface area contributed by atoms with E-state index < -0.39 is 0 Å². The van der Waals surface area contributed by atoms with Gasteiger partial charge in [-0.05, 0) is 35.2 Å². The van der Waals surface area contributed by atoms with Crippen molar-refractivity contribution >= 4 is 27.5 Å². The van der Waals surface area contributed by atoms with E-state index in [-0.39, 0.29) is 5.78 Å². The van der Waals surface area contributed by atoms with Crippen molar-refractivity contribution in [3.63, 3.8) is 0 Å². The summed E-state index contributed by atoms with van der Waals surface area (Å²) in [4.78, 5) is 13.8. The molecule has 1 aromatic heterocycles. The number of hydrogen-bond donors (Lipinski definition) is 0. The van der Waals surface area contributed by atoms with Crippen LogP contribution in [0.25, 0.3) is 21.7 Å². The molecule has 0 N–H and O–H groups in total. The lowest BCUT2D eigenvalue weighted by Gasteiger charge is -2.11. The van der Waals surface area contributed by atoms with Gasteiger partial charge in [-0.3, -0.25) is 4.79 Å². The molecule has 0 aliphatic carbocycles. The lowest BCUT2D eigenvalue weighted by molar-refractivity contribution is 0.104. The first-order chi connectivity index (χ1) is 13.7. The lowest BCUT2D eigenvalue weighted by Crippen LogP contribution is -2.06. The number of carbonyl (C=O) groups is 1. The second-order valence-corrected chi connectivity index (χ2v) is 7.46. The topological polar surface area (TPSA) is 22.0 Å². The largest absolute Gasteiger partial charge is 0.347 e. The Morgan fingerprint density at radius 2 is 1.61 bits per heavy atom. The highest BCUT2D eigenvalue weighted by Gasteiger charge is 2.20. The first-order valence-electron chi connectivity index (χ1n) is 10.4. The van der Waals surface area contributed by atoms with Crippen LogP contribution >= 0.6 is 0 Å². The second kappa shape index (κ2) is 8.02. The fourth-order valence-electron chi connectivity index (χ4n) is 4.16. The van der Waals surface area contributed by atoms with E-state index >= 15 is 0 Å². The average Bonchev–Trinajstić information content (AvgIpc) is 3.11. The number of hydrogen-bond acceptors (Lipinski definition) is 1. The van der Waals surface area contributed by atoms with Gasteiger partial charge in [-0.1, -0.05) is 81.3 Å². The maximum Gasteiger partial charge on any atom is 0.196 e. The van der Waals surface area contributed by atoms with Gasteiger partial charge in [0.25, 0.3) is 0 Å². The van der Waals surface area contributed by atoms with Crippen molar-refractivity contribution in [1.29, 1.82) is 0 Å². The molecule has 0 saturated heterocycles. The van der Waals surface area contributed by atoms with E-state index in [2.05, 4.69) is 67.1 Å². The van der Waals surface area contributed by atoms with Crippen molar-refractivity contribution in [3.8, 4) is 0 Å². The lowest BCUT2D eigenvalue weighted by atomic mass is 9.91. The van der Waals surface area contributed by atoms with Crippen molar-refractivity contribution in [3.05, 3.63) is 83.6 Å². The fraction of sp³-hybridized carbons (Fsp3) is 0.269. The number of nitrogens with zero attached hydrogens (tertiary/aromatic N) is 1. The number of carbonyl (C=O) groups excluding carboxylic acids is 1. The summed E-state index contributed by atoms with van der Waals surface area (Å²) < 4.78 is 2.26. The molecule has 3 aromatic carbocycles. The molecule has 142 valence electrons. The molecule has 1 heterocycles. The Labute approximate surface area is 166 Å². The third-order valence-electron chi connectivity index (χ3n) is 5.66. The summed E-state index contributed by atoms with van der Waals surface area (Å²) in [5, 5.41) is 3.23. The molecule has 0 radical (unpaired) electrons. The molecule has 2 heteroatoms. The highest BCUT2D eigenvalue weighted by molar-refractivity contribution is 6.22. The number of benzene rings is 3. The smallest absolute Gasteiger partial charge is 0.196 e. The quantitative estimate of drug-likeness (QED) is 0.260. The third kappa shape index (κ3) is 3.24. The van der Waals surface area contributed by atoms with E-state index in [4.69, 9.17) is 0 Å². The van der Waals surface area contributed by atoms with Crippen molar-refractivity contribution in [2.24, 2.45) is 0 Å². The highest BCUT2D eigenvalue weighted by atomic mass is 16.1. The van der Waals surface area contributed by atoms with Gasteiger partial charge in [-0.25, -0.2) is 0 Å². The zero-order valence-corrected chi connectivity index (χ0v) is 16.7. The van der Waals surface area contributed by atoms with Gasteiger partial charge in [0.05, 0.1) is 0 Å². The van der Waals surface area contributed by atoms with Crippen LogP contribution in [0.4, 0.5) is 0 Å². The molecular formula is C26H27NO. The standard InChI is InChI=1S/C26H27NO/c1-3-5-10-17-27-18-23(22-13-8-9-14-24(22)27)26(28)25-19(4-2)15-16-20-11-6-7-12-21(20)25/h6-9,11-16,18H,3-5,10,17H2,1-2H3. The van der Waals surface area contributed by atoms with Crippen LogP contribution < -0.4 is 0 Å². The summed E-state index contributed by atoms with van der Waals surface area (Å²) in [6, 6.07) is 20.7. The van der Waals surface area contributed by atoms with Crippen molar-refractivity contribution < 1.29 is 4.79 Å². The Hall–Kier alpha value is -2.87. The van der Waals surface area contributed by atoms with E-state index in [1.54, 1.807) is 0 Å². The number of aryl methyl sites for hydroxylation is 2. The first-order valence-corrected chi connectivity index (χ1v) is 10.4. The molecule has 4 rings (SSSR count). The Balaban J connectivity index is 1.87. The van der Waals surface area contributed by atoms with Crippen LogP contribution in [0.3, 0.4) is 0 Å². The van der Waals surface area contributed by atoms with Crippen molar-refractivity contribution in [1.82, 2.24) is 4.57 Å². The molecule has 28 heavy (non-hydrogen) atoms. The zero-order chi connectivity index (χ0) is 19.5. The van der Waals surface area contributed by atoms with Crippen molar-refractivity contribution in [2.75, 3.05) is 0 Å². The predicted molar refractivity (Wildman–Crippen MR) is 118 cm³/mol. The van der Waals surface area contributed by atoms with Gasteiger partial charge >= 0.3 is 0 Å². The molecule has 0 unspecified atom stereocenters. The number of fused-ring (bicyclic) bond motifs is 2. The summed E-state index contributed by atoms with van der Waals surface area (Å²) in [7, 11) is 0. The molecule has 0 bridgehead atoms. The summed E-state index contributed by atoms with van der Waals surface area (Å²) in [5.74, 6) is 0.138.